The Bertz CT molecular complexity index is 957. The zero-order valence-electron chi connectivity index (χ0n) is 14.3. The Balaban J connectivity index is 1.72. The van der Waals surface area contributed by atoms with Crippen molar-refractivity contribution in [2.45, 2.75) is 19.0 Å². The molecule has 27 heavy (non-hydrogen) atoms. The molecule has 2 aliphatic rings. The van der Waals surface area contributed by atoms with Crippen molar-refractivity contribution >= 4 is 35.3 Å². The smallest absolute Gasteiger partial charge is 0.323 e. The number of halogens is 1. The normalized spacial score (nSPS) is 21.1. The molecule has 8 heteroatoms. The van der Waals surface area contributed by atoms with Crippen LogP contribution >= 0.6 is 11.6 Å². The van der Waals surface area contributed by atoms with E-state index in [1.807, 2.05) is 30.3 Å². The molecule has 0 unspecified atom stereocenters. The maximum atomic E-state index is 13.0. The molecule has 2 heterocycles. The Labute approximate surface area is 160 Å². The van der Waals surface area contributed by atoms with E-state index >= 15 is 0 Å². The van der Waals surface area contributed by atoms with Crippen molar-refractivity contribution in [2.24, 2.45) is 10.1 Å². The van der Waals surface area contributed by atoms with Crippen molar-refractivity contribution < 1.29 is 14.3 Å². The fourth-order valence-electron chi connectivity index (χ4n) is 2.95. The van der Waals surface area contributed by atoms with Crippen LogP contribution in [-0.4, -0.2) is 34.8 Å². The van der Waals surface area contributed by atoms with Crippen molar-refractivity contribution in [3.05, 3.63) is 70.7 Å². The number of rotatable bonds is 3. The second-order valence-corrected chi connectivity index (χ2v) is 6.55. The molecule has 2 atom stereocenters. The van der Waals surface area contributed by atoms with Crippen molar-refractivity contribution in [3.8, 4) is 0 Å². The Kier molecular flexibility index (Phi) is 4.37. The van der Waals surface area contributed by atoms with E-state index in [-0.39, 0.29) is 17.8 Å². The van der Waals surface area contributed by atoms with Gasteiger partial charge in [0.2, 0.25) is 11.8 Å². The van der Waals surface area contributed by atoms with E-state index in [0.29, 0.717) is 10.6 Å². The van der Waals surface area contributed by atoms with E-state index in [2.05, 4.69) is 15.4 Å². The Morgan fingerprint density at radius 2 is 1.85 bits per heavy atom. The summed E-state index contributed by atoms with van der Waals surface area (Å²) in [5, 5.41) is 8.57. The van der Waals surface area contributed by atoms with Gasteiger partial charge in [-0.1, -0.05) is 41.9 Å². The van der Waals surface area contributed by atoms with Crippen LogP contribution < -0.4 is 5.32 Å². The van der Waals surface area contributed by atoms with E-state index < -0.39 is 18.0 Å². The summed E-state index contributed by atoms with van der Waals surface area (Å²) in [6.45, 7) is 1.36. The molecule has 0 saturated heterocycles. The predicted octanol–water partition coefficient (Wildman–Crippen LogP) is 2.48. The van der Waals surface area contributed by atoms with E-state index in [9.17, 15) is 9.59 Å². The highest BCUT2D eigenvalue weighted by atomic mass is 35.5. The summed E-state index contributed by atoms with van der Waals surface area (Å²) < 4.78 is 5.72. The van der Waals surface area contributed by atoms with Crippen LogP contribution in [0.4, 0.5) is 0 Å². The van der Waals surface area contributed by atoms with E-state index in [1.165, 1.54) is 6.92 Å². The predicted molar refractivity (Wildman–Crippen MR) is 100 cm³/mol. The van der Waals surface area contributed by atoms with Gasteiger partial charge in [-0.3, -0.25) is 9.59 Å². The third kappa shape index (κ3) is 3.29. The molecule has 0 aliphatic carbocycles. The highest BCUT2D eigenvalue weighted by molar-refractivity contribution is 6.30. The highest BCUT2D eigenvalue weighted by Crippen LogP contribution is 2.30. The lowest BCUT2D eigenvalue weighted by atomic mass is 9.98. The van der Waals surface area contributed by atoms with Gasteiger partial charge in [-0.2, -0.15) is 0 Å². The topological polar surface area (TPSA) is 83.4 Å². The molecular weight excluding hydrogens is 368 g/mol. The number of nitrogens with zero attached hydrogens (tertiary/aromatic N) is 3. The molecule has 2 amide bonds. The van der Waals surface area contributed by atoms with Crippen LogP contribution in [0.3, 0.4) is 0 Å². The molecule has 7 nitrogen and oxygen atoms in total. The molecule has 2 aliphatic heterocycles. The maximum absolute atomic E-state index is 13.0. The molecule has 0 saturated carbocycles. The summed E-state index contributed by atoms with van der Waals surface area (Å²) in [7, 11) is 0. The Hall–Kier alpha value is -3.19. The first-order valence-electron chi connectivity index (χ1n) is 8.29. The van der Waals surface area contributed by atoms with Crippen molar-refractivity contribution in [3.63, 3.8) is 0 Å². The number of carbonyl (C=O) groups excluding carboxylic acids is 2. The average Bonchev–Trinajstić information content (AvgIpc) is 3.09. The number of aliphatic imine (C=N–C) groups is 1. The van der Waals surface area contributed by atoms with Gasteiger partial charge < -0.3 is 10.1 Å². The monoisotopic (exact) mass is 382 g/mol. The van der Waals surface area contributed by atoms with Gasteiger partial charge >= 0.3 is 6.02 Å². The molecular formula is C19H15ClN4O3. The Morgan fingerprint density at radius 3 is 2.52 bits per heavy atom. The minimum absolute atomic E-state index is 0.0837. The molecule has 0 fully saturated rings. The number of carbonyl (C=O) groups is 2. The quantitative estimate of drug-likeness (QED) is 0.885. The van der Waals surface area contributed by atoms with E-state index in [4.69, 9.17) is 16.3 Å². The summed E-state index contributed by atoms with van der Waals surface area (Å²) in [6.07, 6.45) is 0. The standard InChI is InChI=1S/C19H15ClN4O3/c1-11(25)21-16-15(12-5-3-2-4-6-12)22-19-24(18(16)26)23-17(27-19)13-7-9-14(20)10-8-13/h2-10,15-16H,1H3,(H,21,25)/t15-,16+/m1/s1. The van der Waals surface area contributed by atoms with Gasteiger partial charge in [0, 0.05) is 17.5 Å². The number of nitrogens with one attached hydrogen (secondary N) is 1. The van der Waals surface area contributed by atoms with Crippen LogP contribution in [0.25, 0.3) is 0 Å². The van der Waals surface area contributed by atoms with Crippen molar-refractivity contribution in [1.82, 2.24) is 10.3 Å². The zero-order valence-corrected chi connectivity index (χ0v) is 15.1. The molecule has 1 N–H and O–H groups in total. The number of hydrazone groups is 1. The summed E-state index contributed by atoms with van der Waals surface area (Å²) in [5.74, 6) is -0.489. The zero-order chi connectivity index (χ0) is 19.0. The molecule has 4 rings (SSSR count). The Morgan fingerprint density at radius 1 is 1.15 bits per heavy atom. The largest absolute Gasteiger partial charge is 0.403 e. The van der Waals surface area contributed by atoms with Gasteiger partial charge in [-0.25, -0.2) is 4.99 Å². The number of amidine groups is 1. The third-order valence-corrected chi connectivity index (χ3v) is 4.44. The minimum atomic E-state index is -0.870. The van der Waals surface area contributed by atoms with Crippen LogP contribution in [0.15, 0.2) is 64.7 Å². The summed E-state index contributed by atoms with van der Waals surface area (Å²) in [5.41, 5.74) is 1.46. The maximum Gasteiger partial charge on any atom is 0.323 e. The molecule has 0 aromatic heterocycles. The van der Waals surface area contributed by atoms with Crippen LogP contribution in [0.2, 0.25) is 5.02 Å². The van der Waals surface area contributed by atoms with Crippen LogP contribution in [0.5, 0.6) is 0 Å². The van der Waals surface area contributed by atoms with Gasteiger partial charge in [-0.15, -0.1) is 10.1 Å². The van der Waals surface area contributed by atoms with Crippen LogP contribution in [0.1, 0.15) is 24.1 Å². The molecule has 136 valence electrons. The van der Waals surface area contributed by atoms with Gasteiger partial charge in [0.25, 0.3) is 5.91 Å². The molecule has 0 radical (unpaired) electrons. The van der Waals surface area contributed by atoms with Gasteiger partial charge in [-0.05, 0) is 29.8 Å². The summed E-state index contributed by atoms with van der Waals surface area (Å²) >= 11 is 5.91. The van der Waals surface area contributed by atoms with Gasteiger partial charge in [0.1, 0.15) is 12.1 Å². The lowest BCUT2D eigenvalue weighted by Crippen LogP contribution is -2.53. The SMILES string of the molecule is CC(=O)N[C@@H]1C(=O)N2N=C(c3ccc(Cl)cc3)OC2=N[C@@H]1c1ccccc1. The second kappa shape index (κ2) is 6.85. The minimum Gasteiger partial charge on any atom is -0.403 e. The van der Waals surface area contributed by atoms with Gasteiger partial charge in [0.15, 0.2) is 0 Å². The first-order valence-corrected chi connectivity index (χ1v) is 8.67. The number of hydrogen-bond acceptors (Lipinski definition) is 5. The second-order valence-electron chi connectivity index (χ2n) is 6.11. The average molecular weight is 383 g/mol. The van der Waals surface area contributed by atoms with Crippen LogP contribution in [-0.2, 0) is 14.3 Å². The molecule has 2 aromatic rings. The fraction of sp³-hybridized carbons (Fsp3) is 0.158. The van der Waals surface area contributed by atoms with Crippen LogP contribution in [0, 0.1) is 0 Å². The lowest BCUT2D eigenvalue weighted by molar-refractivity contribution is -0.134. The molecule has 0 spiro atoms. The van der Waals surface area contributed by atoms with E-state index in [1.54, 1.807) is 24.3 Å². The third-order valence-electron chi connectivity index (χ3n) is 4.19. The first-order chi connectivity index (χ1) is 13.0. The highest BCUT2D eigenvalue weighted by Gasteiger charge is 2.44. The molecule has 2 aromatic carbocycles. The number of amides is 2. The lowest BCUT2D eigenvalue weighted by Gasteiger charge is -2.30. The van der Waals surface area contributed by atoms with Crippen molar-refractivity contribution in [2.75, 3.05) is 0 Å². The van der Waals surface area contributed by atoms with Gasteiger partial charge in [0.05, 0.1) is 0 Å². The summed E-state index contributed by atoms with van der Waals surface area (Å²) in [6, 6.07) is 14.8. The number of fused-ring (bicyclic) bond motifs is 1. The van der Waals surface area contributed by atoms with Crippen molar-refractivity contribution in [1.29, 1.82) is 0 Å². The summed E-state index contributed by atoms with van der Waals surface area (Å²) in [4.78, 5) is 29.2. The number of benzene rings is 2. The first kappa shape index (κ1) is 17.2. The fourth-order valence-corrected chi connectivity index (χ4v) is 3.08. The number of ether oxygens (including phenoxy) is 1. The molecule has 0 bridgehead atoms. The van der Waals surface area contributed by atoms with E-state index in [0.717, 1.165) is 10.6 Å². The number of hydrogen-bond donors (Lipinski definition) is 1.